The van der Waals surface area contributed by atoms with Gasteiger partial charge in [0.1, 0.15) is 5.75 Å². The zero-order chi connectivity index (χ0) is 18.2. The standard InChI is InChI=1S/C19H19ClO4S/c1-2-24-16-9-5-14(6-10-16)17(21)11-18(19(22)23)25-12-13-3-7-15(20)8-4-13/h3-10,18H,2,11-12H2,1H3,(H,22,23)/p-1/t18-/m1/s1. The van der Waals surface area contributed by atoms with Gasteiger partial charge in [-0.2, -0.15) is 0 Å². The Balaban J connectivity index is 1.96. The Hall–Kier alpha value is -1.98. The summed E-state index contributed by atoms with van der Waals surface area (Å²) in [5, 5.41) is 11.1. The molecular formula is C19H18ClO4S-. The molecule has 132 valence electrons. The maximum atomic E-state index is 12.3. The fourth-order valence-corrected chi connectivity index (χ4v) is 3.30. The molecule has 0 aliphatic rings. The summed E-state index contributed by atoms with van der Waals surface area (Å²) in [4.78, 5) is 23.7. The van der Waals surface area contributed by atoms with Crippen molar-refractivity contribution in [1.82, 2.24) is 0 Å². The van der Waals surface area contributed by atoms with Crippen LogP contribution in [0.15, 0.2) is 48.5 Å². The molecule has 2 rings (SSSR count). The van der Waals surface area contributed by atoms with Crippen LogP contribution in [-0.2, 0) is 10.5 Å². The van der Waals surface area contributed by atoms with Gasteiger partial charge in [0.15, 0.2) is 5.78 Å². The highest BCUT2D eigenvalue weighted by Gasteiger charge is 2.17. The molecule has 0 saturated carbocycles. The molecule has 6 heteroatoms. The molecule has 0 aliphatic heterocycles. The van der Waals surface area contributed by atoms with Gasteiger partial charge in [0, 0.05) is 22.8 Å². The van der Waals surface area contributed by atoms with Gasteiger partial charge in [0.2, 0.25) is 0 Å². The van der Waals surface area contributed by atoms with E-state index >= 15 is 0 Å². The maximum Gasteiger partial charge on any atom is 0.164 e. The first-order valence-corrected chi connectivity index (χ1v) is 9.25. The molecule has 0 saturated heterocycles. The number of hydrogen-bond donors (Lipinski definition) is 0. The van der Waals surface area contributed by atoms with Crippen LogP contribution in [0.25, 0.3) is 0 Å². The van der Waals surface area contributed by atoms with Gasteiger partial charge in [-0.05, 0) is 48.9 Å². The number of carbonyl (C=O) groups excluding carboxylic acids is 2. The minimum atomic E-state index is -1.24. The Kier molecular flexibility index (Phi) is 7.34. The fraction of sp³-hybridized carbons (Fsp3) is 0.263. The minimum absolute atomic E-state index is 0.116. The van der Waals surface area contributed by atoms with Crippen LogP contribution < -0.4 is 9.84 Å². The van der Waals surface area contributed by atoms with Crippen molar-refractivity contribution in [1.29, 1.82) is 0 Å². The van der Waals surface area contributed by atoms with Gasteiger partial charge in [0.25, 0.3) is 0 Å². The van der Waals surface area contributed by atoms with Crippen LogP contribution in [0.3, 0.4) is 0 Å². The summed E-state index contributed by atoms with van der Waals surface area (Å²) in [7, 11) is 0. The van der Waals surface area contributed by atoms with Crippen LogP contribution >= 0.6 is 23.4 Å². The number of aliphatic carboxylic acids is 1. The van der Waals surface area contributed by atoms with Crippen molar-refractivity contribution >= 4 is 35.1 Å². The van der Waals surface area contributed by atoms with Gasteiger partial charge < -0.3 is 14.6 Å². The third-order valence-electron chi connectivity index (χ3n) is 3.49. The Morgan fingerprint density at radius 2 is 1.76 bits per heavy atom. The molecule has 2 aromatic rings. The zero-order valence-electron chi connectivity index (χ0n) is 13.7. The number of carbonyl (C=O) groups is 2. The minimum Gasteiger partial charge on any atom is -0.549 e. The Morgan fingerprint density at radius 1 is 1.12 bits per heavy atom. The summed E-state index contributed by atoms with van der Waals surface area (Å²) in [6.45, 7) is 2.42. The van der Waals surface area contributed by atoms with Crippen molar-refractivity contribution in [3.63, 3.8) is 0 Å². The van der Waals surface area contributed by atoms with E-state index in [0.29, 0.717) is 28.7 Å². The largest absolute Gasteiger partial charge is 0.549 e. The van der Waals surface area contributed by atoms with Crippen LogP contribution in [0.1, 0.15) is 29.3 Å². The summed E-state index contributed by atoms with van der Waals surface area (Å²) in [6, 6.07) is 13.8. The molecule has 0 amide bonds. The number of Topliss-reactive ketones (excluding diaryl/α,β-unsaturated/α-hetero) is 1. The van der Waals surface area contributed by atoms with Crippen LogP contribution in [0.4, 0.5) is 0 Å². The highest BCUT2D eigenvalue weighted by Crippen LogP contribution is 2.23. The summed E-state index contributed by atoms with van der Waals surface area (Å²) in [5.74, 6) is -0.335. The van der Waals surface area contributed by atoms with Gasteiger partial charge in [-0.1, -0.05) is 23.7 Å². The third-order valence-corrected chi connectivity index (χ3v) is 5.00. The zero-order valence-corrected chi connectivity index (χ0v) is 15.3. The van der Waals surface area contributed by atoms with E-state index in [0.717, 1.165) is 5.56 Å². The number of carboxylic acid groups (broad SMARTS) is 1. The molecule has 1 atom stereocenters. The smallest absolute Gasteiger partial charge is 0.164 e. The van der Waals surface area contributed by atoms with E-state index in [4.69, 9.17) is 16.3 Å². The number of hydrogen-bond acceptors (Lipinski definition) is 5. The normalized spacial score (nSPS) is 11.8. The number of benzene rings is 2. The second-order valence-electron chi connectivity index (χ2n) is 5.33. The average molecular weight is 378 g/mol. The average Bonchev–Trinajstić information content (AvgIpc) is 2.60. The van der Waals surface area contributed by atoms with Gasteiger partial charge in [-0.3, -0.25) is 4.79 Å². The first-order chi connectivity index (χ1) is 12.0. The number of halogens is 1. The highest BCUT2D eigenvalue weighted by atomic mass is 35.5. The summed E-state index contributed by atoms with van der Waals surface area (Å²) < 4.78 is 5.33. The van der Waals surface area contributed by atoms with Gasteiger partial charge in [-0.15, -0.1) is 11.8 Å². The molecule has 4 nitrogen and oxygen atoms in total. The molecule has 0 N–H and O–H groups in total. The van der Waals surface area contributed by atoms with Crippen molar-refractivity contribution < 1.29 is 19.4 Å². The number of thioether (sulfide) groups is 1. The van der Waals surface area contributed by atoms with Gasteiger partial charge in [0.05, 0.1) is 17.8 Å². The lowest BCUT2D eigenvalue weighted by Gasteiger charge is -2.17. The van der Waals surface area contributed by atoms with Crippen molar-refractivity contribution in [3.8, 4) is 5.75 Å². The topological polar surface area (TPSA) is 66.4 Å². The molecule has 0 fully saturated rings. The molecule has 0 bridgehead atoms. The van der Waals surface area contributed by atoms with Crippen LogP contribution in [0.5, 0.6) is 5.75 Å². The fourth-order valence-electron chi connectivity index (χ4n) is 2.18. The predicted octanol–water partition coefficient (Wildman–Crippen LogP) is 3.36. The summed E-state index contributed by atoms with van der Waals surface area (Å²) in [5.41, 5.74) is 1.40. The Bertz CT molecular complexity index is 713. The van der Waals surface area contributed by atoms with Crippen molar-refractivity contribution in [2.45, 2.75) is 24.3 Å². The SMILES string of the molecule is CCOc1ccc(C(=O)C[C@@H](SCc2ccc(Cl)cc2)C(=O)[O-])cc1. The van der Waals surface area contributed by atoms with Crippen molar-refractivity contribution in [2.75, 3.05) is 6.61 Å². The molecule has 25 heavy (non-hydrogen) atoms. The van der Waals surface area contributed by atoms with E-state index in [1.807, 2.05) is 19.1 Å². The van der Waals surface area contributed by atoms with Crippen molar-refractivity contribution in [3.05, 3.63) is 64.7 Å². The van der Waals surface area contributed by atoms with E-state index < -0.39 is 11.2 Å². The lowest BCUT2D eigenvalue weighted by atomic mass is 10.1. The van der Waals surface area contributed by atoms with Gasteiger partial charge in [-0.25, -0.2) is 0 Å². The molecule has 0 aromatic heterocycles. The van der Waals surface area contributed by atoms with Crippen LogP contribution in [-0.4, -0.2) is 23.6 Å². The summed E-state index contributed by atoms with van der Waals surface area (Å²) >= 11 is 7.00. The third kappa shape index (κ3) is 6.11. The van der Waals surface area contributed by atoms with Gasteiger partial charge >= 0.3 is 0 Å². The Morgan fingerprint density at radius 3 is 2.32 bits per heavy atom. The number of ketones is 1. The first kappa shape index (κ1) is 19.3. The molecule has 0 unspecified atom stereocenters. The second kappa shape index (κ2) is 9.49. The molecule has 0 spiro atoms. The number of rotatable bonds is 9. The lowest BCUT2D eigenvalue weighted by molar-refractivity contribution is -0.304. The van der Waals surface area contributed by atoms with E-state index in [1.165, 1.54) is 11.8 Å². The van der Waals surface area contributed by atoms with E-state index in [2.05, 4.69) is 0 Å². The number of carboxylic acids is 1. The molecular weight excluding hydrogens is 360 g/mol. The second-order valence-corrected chi connectivity index (χ2v) is 6.96. The van der Waals surface area contributed by atoms with E-state index in [1.54, 1.807) is 36.4 Å². The monoisotopic (exact) mass is 377 g/mol. The number of ether oxygens (including phenoxy) is 1. The van der Waals surface area contributed by atoms with E-state index in [9.17, 15) is 14.7 Å². The first-order valence-electron chi connectivity index (χ1n) is 7.82. The Labute approximate surface area is 156 Å². The molecule has 0 radical (unpaired) electrons. The van der Waals surface area contributed by atoms with E-state index in [-0.39, 0.29) is 12.2 Å². The maximum absolute atomic E-state index is 12.3. The quantitative estimate of drug-likeness (QED) is 0.627. The van der Waals surface area contributed by atoms with Crippen LogP contribution in [0, 0.1) is 0 Å². The predicted molar refractivity (Wildman–Crippen MR) is 98.1 cm³/mol. The summed E-state index contributed by atoms with van der Waals surface area (Å²) in [6.07, 6.45) is -0.116. The molecule has 0 aliphatic carbocycles. The van der Waals surface area contributed by atoms with Crippen molar-refractivity contribution in [2.24, 2.45) is 0 Å². The highest BCUT2D eigenvalue weighted by molar-refractivity contribution is 7.99. The van der Waals surface area contributed by atoms with Crippen LogP contribution in [0.2, 0.25) is 5.02 Å². The molecule has 0 heterocycles. The molecule has 2 aromatic carbocycles. The lowest BCUT2D eigenvalue weighted by Crippen LogP contribution is -2.35.